The predicted octanol–water partition coefficient (Wildman–Crippen LogP) is 2.17. The quantitative estimate of drug-likeness (QED) is 0.774. The molecule has 0 atom stereocenters. The van der Waals surface area contributed by atoms with E-state index in [1.165, 1.54) is 0 Å². The standard InChI is InChI=1S/C14H20N2OS/c1-3-12(4-2)16-13(17)9-10-5-7-11(8-6-10)14(15)18/h5-8,12H,3-4,9H2,1-2H3,(H2,15,18)(H,16,17). The van der Waals surface area contributed by atoms with Gasteiger partial charge in [0.1, 0.15) is 4.99 Å². The first-order valence-electron chi connectivity index (χ1n) is 6.24. The molecule has 1 rings (SSSR count). The predicted molar refractivity (Wildman–Crippen MR) is 78.5 cm³/mol. The molecule has 0 radical (unpaired) electrons. The molecule has 1 aromatic rings. The lowest BCUT2D eigenvalue weighted by Gasteiger charge is -2.14. The second-order valence-electron chi connectivity index (χ2n) is 4.32. The fourth-order valence-electron chi connectivity index (χ4n) is 1.74. The molecule has 0 aliphatic carbocycles. The highest BCUT2D eigenvalue weighted by atomic mass is 32.1. The molecule has 0 aliphatic rings. The lowest BCUT2D eigenvalue weighted by atomic mass is 10.1. The van der Waals surface area contributed by atoms with Crippen LogP contribution in [0.3, 0.4) is 0 Å². The molecule has 0 heterocycles. The van der Waals surface area contributed by atoms with E-state index in [0.717, 1.165) is 24.0 Å². The summed E-state index contributed by atoms with van der Waals surface area (Å²) < 4.78 is 0. The van der Waals surface area contributed by atoms with Gasteiger partial charge in [-0.3, -0.25) is 4.79 Å². The minimum absolute atomic E-state index is 0.0618. The van der Waals surface area contributed by atoms with E-state index in [4.69, 9.17) is 18.0 Å². The zero-order valence-corrected chi connectivity index (χ0v) is 11.7. The van der Waals surface area contributed by atoms with E-state index >= 15 is 0 Å². The number of amides is 1. The summed E-state index contributed by atoms with van der Waals surface area (Å²) in [7, 11) is 0. The van der Waals surface area contributed by atoms with Gasteiger partial charge in [-0.1, -0.05) is 50.3 Å². The van der Waals surface area contributed by atoms with Crippen LogP contribution in [0.1, 0.15) is 37.8 Å². The van der Waals surface area contributed by atoms with Crippen LogP contribution in [0.25, 0.3) is 0 Å². The van der Waals surface area contributed by atoms with E-state index in [-0.39, 0.29) is 11.9 Å². The van der Waals surface area contributed by atoms with Gasteiger partial charge < -0.3 is 11.1 Å². The number of nitrogens with one attached hydrogen (secondary N) is 1. The smallest absolute Gasteiger partial charge is 0.224 e. The highest BCUT2D eigenvalue weighted by Crippen LogP contribution is 2.06. The number of nitrogens with two attached hydrogens (primary N) is 1. The zero-order chi connectivity index (χ0) is 13.5. The van der Waals surface area contributed by atoms with Gasteiger partial charge in [0.05, 0.1) is 6.42 Å². The number of carbonyl (C=O) groups excluding carboxylic acids is 1. The van der Waals surface area contributed by atoms with Crippen LogP contribution in [-0.2, 0) is 11.2 Å². The van der Waals surface area contributed by atoms with Crippen molar-refractivity contribution in [3.8, 4) is 0 Å². The molecule has 98 valence electrons. The molecular formula is C14H20N2OS. The van der Waals surface area contributed by atoms with E-state index in [0.29, 0.717) is 11.4 Å². The van der Waals surface area contributed by atoms with Crippen LogP contribution in [0.4, 0.5) is 0 Å². The number of thiocarbonyl (C=S) groups is 1. The molecular weight excluding hydrogens is 244 g/mol. The Labute approximate surface area is 114 Å². The van der Waals surface area contributed by atoms with Crippen molar-refractivity contribution in [2.24, 2.45) is 5.73 Å². The molecule has 0 saturated carbocycles. The van der Waals surface area contributed by atoms with Crippen LogP contribution >= 0.6 is 12.2 Å². The Kier molecular flexibility index (Phi) is 5.78. The SMILES string of the molecule is CCC(CC)NC(=O)Cc1ccc(C(N)=S)cc1. The molecule has 18 heavy (non-hydrogen) atoms. The minimum Gasteiger partial charge on any atom is -0.389 e. The monoisotopic (exact) mass is 264 g/mol. The van der Waals surface area contributed by atoms with Gasteiger partial charge in [0.25, 0.3) is 0 Å². The summed E-state index contributed by atoms with van der Waals surface area (Å²) in [4.78, 5) is 12.2. The van der Waals surface area contributed by atoms with Gasteiger partial charge in [-0.15, -0.1) is 0 Å². The number of hydrogen-bond donors (Lipinski definition) is 2. The Morgan fingerprint density at radius 3 is 2.28 bits per heavy atom. The Morgan fingerprint density at radius 2 is 1.83 bits per heavy atom. The second kappa shape index (κ2) is 7.11. The maximum absolute atomic E-state index is 11.8. The molecule has 1 amide bonds. The Bertz CT molecular complexity index is 410. The average Bonchev–Trinajstić information content (AvgIpc) is 2.36. The second-order valence-corrected chi connectivity index (χ2v) is 4.76. The summed E-state index contributed by atoms with van der Waals surface area (Å²) in [6.45, 7) is 4.15. The van der Waals surface area contributed by atoms with Crippen molar-refractivity contribution in [3.63, 3.8) is 0 Å². The molecule has 4 heteroatoms. The van der Waals surface area contributed by atoms with Gasteiger partial charge in [0.15, 0.2) is 0 Å². The van der Waals surface area contributed by atoms with E-state index < -0.39 is 0 Å². The van der Waals surface area contributed by atoms with E-state index in [1.807, 2.05) is 24.3 Å². The first-order valence-corrected chi connectivity index (χ1v) is 6.65. The van der Waals surface area contributed by atoms with Gasteiger partial charge in [-0.25, -0.2) is 0 Å². The molecule has 0 aliphatic heterocycles. The van der Waals surface area contributed by atoms with Crippen molar-refractivity contribution in [2.75, 3.05) is 0 Å². The molecule has 0 spiro atoms. The summed E-state index contributed by atoms with van der Waals surface area (Å²) in [6.07, 6.45) is 2.32. The summed E-state index contributed by atoms with van der Waals surface area (Å²) in [5.74, 6) is 0.0618. The van der Waals surface area contributed by atoms with Crippen LogP contribution in [-0.4, -0.2) is 16.9 Å². The van der Waals surface area contributed by atoms with Crippen LogP contribution in [0.5, 0.6) is 0 Å². The third-order valence-electron chi connectivity index (χ3n) is 2.95. The minimum atomic E-state index is 0.0618. The van der Waals surface area contributed by atoms with Crippen molar-refractivity contribution in [1.29, 1.82) is 0 Å². The third kappa shape index (κ3) is 4.45. The maximum Gasteiger partial charge on any atom is 0.224 e. The van der Waals surface area contributed by atoms with Crippen molar-refractivity contribution in [2.45, 2.75) is 39.2 Å². The van der Waals surface area contributed by atoms with Crippen molar-refractivity contribution in [3.05, 3.63) is 35.4 Å². The Hall–Kier alpha value is -1.42. The number of carbonyl (C=O) groups is 1. The highest BCUT2D eigenvalue weighted by molar-refractivity contribution is 7.80. The summed E-state index contributed by atoms with van der Waals surface area (Å²) in [5.41, 5.74) is 7.32. The van der Waals surface area contributed by atoms with Crippen LogP contribution in [0, 0.1) is 0 Å². The summed E-state index contributed by atoms with van der Waals surface area (Å²) in [6, 6.07) is 7.75. The highest BCUT2D eigenvalue weighted by Gasteiger charge is 2.09. The van der Waals surface area contributed by atoms with Gasteiger partial charge in [-0.2, -0.15) is 0 Å². The van der Waals surface area contributed by atoms with Crippen molar-refractivity contribution >= 4 is 23.1 Å². The van der Waals surface area contributed by atoms with Crippen molar-refractivity contribution < 1.29 is 4.79 Å². The molecule has 0 saturated heterocycles. The largest absolute Gasteiger partial charge is 0.389 e. The van der Waals surface area contributed by atoms with Gasteiger partial charge in [0.2, 0.25) is 5.91 Å². The Morgan fingerprint density at radius 1 is 1.28 bits per heavy atom. The molecule has 0 fully saturated rings. The number of rotatable bonds is 6. The molecule has 0 bridgehead atoms. The fraction of sp³-hybridized carbons (Fsp3) is 0.429. The van der Waals surface area contributed by atoms with Gasteiger partial charge in [-0.05, 0) is 18.4 Å². The topological polar surface area (TPSA) is 55.1 Å². The number of benzene rings is 1. The van der Waals surface area contributed by atoms with E-state index in [1.54, 1.807) is 0 Å². The molecule has 3 N–H and O–H groups in total. The molecule has 0 aromatic heterocycles. The normalized spacial score (nSPS) is 10.4. The van der Waals surface area contributed by atoms with Crippen LogP contribution in [0.15, 0.2) is 24.3 Å². The van der Waals surface area contributed by atoms with Crippen LogP contribution in [0.2, 0.25) is 0 Å². The summed E-state index contributed by atoms with van der Waals surface area (Å²) >= 11 is 4.88. The lowest BCUT2D eigenvalue weighted by Crippen LogP contribution is -2.34. The molecule has 3 nitrogen and oxygen atoms in total. The molecule has 0 unspecified atom stereocenters. The summed E-state index contributed by atoms with van der Waals surface area (Å²) in [5, 5.41) is 3.01. The fourth-order valence-corrected chi connectivity index (χ4v) is 1.88. The van der Waals surface area contributed by atoms with E-state index in [2.05, 4.69) is 19.2 Å². The third-order valence-corrected chi connectivity index (χ3v) is 3.19. The van der Waals surface area contributed by atoms with Gasteiger partial charge in [0, 0.05) is 11.6 Å². The number of hydrogen-bond acceptors (Lipinski definition) is 2. The maximum atomic E-state index is 11.8. The average molecular weight is 264 g/mol. The van der Waals surface area contributed by atoms with E-state index in [9.17, 15) is 4.79 Å². The van der Waals surface area contributed by atoms with Crippen LogP contribution < -0.4 is 11.1 Å². The zero-order valence-electron chi connectivity index (χ0n) is 10.9. The molecule has 1 aromatic carbocycles. The van der Waals surface area contributed by atoms with Crippen molar-refractivity contribution in [1.82, 2.24) is 5.32 Å². The Balaban J connectivity index is 2.56. The lowest BCUT2D eigenvalue weighted by molar-refractivity contribution is -0.121. The first-order chi connectivity index (χ1) is 8.56. The van der Waals surface area contributed by atoms with Gasteiger partial charge >= 0.3 is 0 Å². The first kappa shape index (κ1) is 14.6.